The van der Waals surface area contributed by atoms with Crippen molar-refractivity contribution in [3.63, 3.8) is 0 Å². The van der Waals surface area contributed by atoms with Crippen molar-refractivity contribution >= 4 is 23.1 Å². The minimum atomic E-state index is -0.391. The summed E-state index contributed by atoms with van der Waals surface area (Å²) in [5.74, 6) is -0.0345. The number of carbonyl (C=O) groups excluding carboxylic acids is 1. The number of Topliss-reactive ketones (excluding diaryl/α,β-unsaturated/α-hetero) is 1. The van der Waals surface area contributed by atoms with Crippen molar-refractivity contribution in [2.24, 2.45) is 0 Å². The van der Waals surface area contributed by atoms with Gasteiger partial charge in [-0.1, -0.05) is 35.9 Å². The van der Waals surface area contributed by atoms with Crippen LogP contribution in [0.25, 0.3) is 0 Å². The van der Waals surface area contributed by atoms with Crippen LogP contribution < -0.4 is 4.90 Å². The zero-order valence-electron chi connectivity index (χ0n) is 11.9. The van der Waals surface area contributed by atoms with E-state index in [2.05, 4.69) is 6.07 Å². The summed E-state index contributed by atoms with van der Waals surface area (Å²) in [6.07, 6.45) is 0. The van der Waals surface area contributed by atoms with Gasteiger partial charge in [-0.05, 0) is 31.2 Å². The van der Waals surface area contributed by atoms with Gasteiger partial charge in [-0.25, -0.2) is 0 Å². The third-order valence-electron chi connectivity index (χ3n) is 3.47. The van der Waals surface area contributed by atoms with Gasteiger partial charge in [0.2, 0.25) is 0 Å². The van der Waals surface area contributed by atoms with Gasteiger partial charge in [-0.2, -0.15) is 5.26 Å². The molecule has 106 valence electrons. The van der Waals surface area contributed by atoms with Gasteiger partial charge in [-0.3, -0.25) is 4.79 Å². The largest absolute Gasteiger partial charge is 0.363 e. The highest BCUT2D eigenvalue weighted by molar-refractivity contribution is 6.31. The minimum Gasteiger partial charge on any atom is -0.363 e. The summed E-state index contributed by atoms with van der Waals surface area (Å²) < 4.78 is 0. The van der Waals surface area contributed by atoms with Gasteiger partial charge in [0.1, 0.15) is 6.07 Å². The Morgan fingerprint density at radius 3 is 2.62 bits per heavy atom. The summed E-state index contributed by atoms with van der Waals surface area (Å²) in [4.78, 5) is 14.3. The number of hydrogen-bond donors (Lipinski definition) is 0. The Bertz CT molecular complexity index is 706. The summed E-state index contributed by atoms with van der Waals surface area (Å²) in [6, 6.07) is 15.9. The monoisotopic (exact) mass is 298 g/mol. The van der Waals surface area contributed by atoms with Crippen LogP contribution in [0.3, 0.4) is 0 Å². The molecule has 0 bridgehead atoms. The number of ketones is 1. The molecule has 0 saturated heterocycles. The molecule has 4 heteroatoms. The zero-order valence-corrected chi connectivity index (χ0v) is 12.6. The molecule has 0 radical (unpaired) electrons. The third-order valence-corrected chi connectivity index (χ3v) is 3.71. The van der Waals surface area contributed by atoms with Crippen molar-refractivity contribution in [2.45, 2.75) is 13.0 Å². The molecule has 1 unspecified atom stereocenters. The first-order valence-electron chi connectivity index (χ1n) is 6.56. The van der Waals surface area contributed by atoms with Crippen LogP contribution in [0, 0.1) is 11.3 Å². The van der Waals surface area contributed by atoms with E-state index in [1.165, 1.54) is 0 Å². The van der Waals surface area contributed by atoms with E-state index in [0.717, 1.165) is 5.69 Å². The van der Waals surface area contributed by atoms with Crippen molar-refractivity contribution in [3.05, 3.63) is 64.7 Å². The lowest BCUT2D eigenvalue weighted by Crippen LogP contribution is -2.36. The number of hydrogen-bond acceptors (Lipinski definition) is 3. The van der Waals surface area contributed by atoms with Crippen molar-refractivity contribution in [1.29, 1.82) is 5.26 Å². The van der Waals surface area contributed by atoms with Gasteiger partial charge >= 0.3 is 0 Å². The second-order valence-corrected chi connectivity index (χ2v) is 5.23. The first-order valence-corrected chi connectivity index (χ1v) is 6.94. The number of anilines is 1. The average Bonchev–Trinajstić information content (AvgIpc) is 2.52. The number of nitriles is 1. The molecule has 2 aromatic rings. The Hall–Kier alpha value is -2.31. The van der Waals surface area contributed by atoms with E-state index in [1.54, 1.807) is 36.4 Å². The van der Waals surface area contributed by atoms with E-state index >= 15 is 0 Å². The van der Waals surface area contributed by atoms with Crippen LogP contribution in [0.2, 0.25) is 5.02 Å². The van der Waals surface area contributed by atoms with E-state index < -0.39 is 6.04 Å². The fourth-order valence-corrected chi connectivity index (χ4v) is 2.33. The van der Waals surface area contributed by atoms with Gasteiger partial charge < -0.3 is 4.90 Å². The number of nitrogens with zero attached hydrogens (tertiary/aromatic N) is 2. The van der Waals surface area contributed by atoms with E-state index in [4.69, 9.17) is 16.9 Å². The Kier molecular flexibility index (Phi) is 4.62. The third kappa shape index (κ3) is 3.24. The standard InChI is InChI=1S/C17H15ClN2O/c1-12(17(21)13-7-5-8-15(18)10-13)20(2)16-9-4-3-6-14(16)11-19/h3-10,12H,1-2H3. The molecular weight excluding hydrogens is 284 g/mol. The number of halogens is 1. The van der Waals surface area contributed by atoms with Crippen LogP contribution in [0.1, 0.15) is 22.8 Å². The first-order chi connectivity index (χ1) is 10.0. The lowest BCUT2D eigenvalue weighted by molar-refractivity contribution is 0.0966. The summed E-state index contributed by atoms with van der Waals surface area (Å²) in [6.45, 7) is 1.82. The maximum absolute atomic E-state index is 12.5. The minimum absolute atomic E-state index is 0.0345. The van der Waals surface area contributed by atoms with Crippen molar-refractivity contribution in [1.82, 2.24) is 0 Å². The molecule has 1 atom stereocenters. The maximum Gasteiger partial charge on any atom is 0.184 e. The molecular formula is C17H15ClN2O. The number of rotatable bonds is 4. The number of carbonyl (C=O) groups is 1. The zero-order chi connectivity index (χ0) is 15.4. The molecule has 2 rings (SSSR count). The van der Waals surface area contributed by atoms with E-state index in [1.807, 2.05) is 31.0 Å². The first kappa shape index (κ1) is 15.1. The van der Waals surface area contributed by atoms with Gasteiger partial charge in [-0.15, -0.1) is 0 Å². The number of para-hydroxylation sites is 1. The Morgan fingerprint density at radius 2 is 1.95 bits per heavy atom. The summed E-state index contributed by atoms with van der Waals surface area (Å²) >= 11 is 5.93. The number of benzene rings is 2. The van der Waals surface area contributed by atoms with E-state index in [-0.39, 0.29) is 5.78 Å². The summed E-state index contributed by atoms with van der Waals surface area (Å²) in [5, 5.41) is 9.70. The molecule has 0 aliphatic heterocycles. The fraction of sp³-hybridized carbons (Fsp3) is 0.176. The van der Waals surface area contributed by atoms with Crippen molar-refractivity contribution in [3.8, 4) is 6.07 Å². The molecule has 0 spiro atoms. The van der Waals surface area contributed by atoms with Crippen LogP contribution in [-0.2, 0) is 0 Å². The van der Waals surface area contributed by atoms with Crippen molar-refractivity contribution in [2.75, 3.05) is 11.9 Å². The Morgan fingerprint density at radius 1 is 1.24 bits per heavy atom. The van der Waals surface area contributed by atoms with Gasteiger partial charge in [0, 0.05) is 17.6 Å². The molecule has 0 saturated carbocycles. The van der Waals surface area contributed by atoms with Crippen LogP contribution in [0.15, 0.2) is 48.5 Å². The number of likely N-dealkylation sites (N-methyl/N-ethyl adjacent to an activating group) is 1. The van der Waals surface area contributed by atoms with E-state index in [0.29, 0.717) is 16.1 Å². The predicted octanol–water partition coefficient (Wildman–Crippen LogP) is 3.92. The molecule has 0 N–H and O–H groups in total. The maximum atomic E-state index is 12.5. The normalized spacial score (nSPS) is 11.5. The fourth-order valence-electron chi connectivity index (χ4n) is 2.14. The molecule has 0 amide bonds. The molecule has 0 aliphatic rings. The summed E-state index contributed by atoms with van der Waals surface area (Å²) in [5.41, 5.74) is 1.85. The van der Waals surface area contributed by atoms with Gasteiger partial charge in [0.15, 0.2) is 5.78 Å². The highest BCUT2D eigenvalue weighted by atomic mass is 35.5. The van der Waals surface area contributed by atoms with Crippen LogP contribution >= 0.6 is 11.6 Å². The van der Waals surface area contributed by atoms with Crippen LogP contribution in [0.5, 0.6) is 0 Å². The molecule has 0 heterocycles. The lowest BCUT2D eigenvalue weighted by Gasteiger charge is -2.26. The molecule has 21 heavy (non-hydrogen) atoms. The molecule has 0 fully saturated rings. The van der Waals surface area contributed by atoms with Crippen LogP contribution in [-0.4, -0.2) is 18.9 Å². The predicted molar refractivity (Wildman–Crippen MR) is 84.8 cm³/mol. The highest BCUT2D eigenvalue weighted by Crippen LogP contribution is 2.22. The molecule has 0 aliphatic carbocycles. The average molecular weight is 299 g/mol. The second-order valence-electron chi connectivity index (χ2n) is 4.79. The molecule has 0 aromatic heterocycles. The Balaban J connectivity index is 2.29. The molecule has 3 nitrogen and oxygen atoms in total. The Labute approximate surface area is 129 Å². The quantitative estimate of drug-likeness (QED) is 0.804. The summed E-state index contributed by atoms with van der Waals surface area (Å²) in [7, 11) is 1.81. The van der Waals surface area contributed by atoms with Crippen molar-refractivity contribution < 1.29 is 4.79 Å². The smallest absolute Gasteiger partial charge is 0.184 e. The van der Waals surface area contributed by atoms with Crippen LogP contribution in [0.4, 0.5) is 5.69 Å². The second kappa shape index (κ2) is 6.43. The van der Waals surface area contributed by atoms with Gasteiger partial charge in [0.25, 0.3) is 0 Å². The topological polar surface area (TPSA) is 44.1 Å². The van der Waals surface area contributed by atoms with Gasteiger partial charge in [0.05, 0.1) is 17.3 Å². The van der Waals surface area contributed by atoms with E-state index in [9.17, 15) is 4.79 Å². The lowest BCUT2D eigenvalue weighted by atomic mass is 10.0. The highest BCUT2D eigenvalue weighted by Gasteiger charge is 2.21. The molecule has 2 aromatic carbocycles. The SMILES string of the molecule is CC(C(=O)c1cccc(Cl)c1)N(C)c1ccccc1C#N.